The molecule has 5 heteroatoms. The van der Waals surface area contributed by atoms with Crippen LogP contribution in [0.2, 0.25) is 5.02 Å². The lowest BCUT2D eigenvalue weighted by Crippen LogP contribution is -2.46. The Hall–Kier alpha value is -1.65. The molecule has 0 bridgehead atoms. The summed E-state index contributed by atoms with van der Waals surface area (Å²) in [7, 11) is -1.46. The first-order chi connectivity index (χ1) is 11.3. The van der Waals surface area contributed by atoms with Gasteiger partial charge in [0.2, 0.25) is 5.91 Å². The van der Waals surface area contributed by atoms with Gasteiger partial charge in [0, 0.05) is 16.5 Å². The number of aryl methyl sites for hydroxylation is 1. The van der Waals surface area contributed by atoms with E-state index < -0.39 is 15.5 Å². The van der Waals surface area contributed by atoms with Gasteiger partial charge in [-0.3, -0.25) is 9.00 Å². The molecule has 0 aliphatic rings. The first-order valence-corrected chi connectivity index (χ1v) is 9.35. The SMILES string of the molecule is Cc1ccccc1CCNC(=O)C(C)(C)S(=O)c1ccc(Cl)cc1. The second-order valence-corrected chi connectivity index (χ2v) is 8.63. The molecule has 1 unspecified atom stereocenters. The van der Waals surface area contributed by atoms with Crippen molar-refractivity contribution in [2.24, 2.45) is 0 Å². The average molecular weight is 364 g/mol. The topological polar surface area (TPSA) is 46.2 Å². The maximum Gasteiger partial charge on any atom is 0.238 e. The predicted octanol–water partition coefficient (Wildman–Crippen LogP) is 3.89. The summed E-state index contributed by atoms with van der Waals surface area (Å²) in [5, 5.41) is 3.48. The normalized spacial score (nSPS) is 12.7. The number of amides is 1. The molecule has 24 heavy (non-hydrogen) atoms. The molecule has 1 N–H and O–H groups in total. The van der Waals surface area contributed by atoms with E-state index in [2.05, 4.69) is 24.4 Å². The van der Waals surface area contributed by atoms with Gasteiger partial charge in [-0.25, -0.2) is 0 Å². The summed E-state index contributed by atoms with van der Waals surface area (Å²) >= 11 is 5.85. The lowest BCUT2D eigenvalue weighted by atomic mass is 10.1. The van der Waals surface area contributed by atoms with E-state index in [4.69, 9.17) is 11.6 Å². The number of hydrogen-bond acceptors (Lipinski definition) is 2. The van der Waals surface area contributed by atoms with Crippen LogP contribution in [-0.2, 0) is 22.0 Å². The number of rotatable bonds is 6. The molecule has 0 radical (unpaired) electrons. The van der Waals surface area contributed by atoms with Gasteiger partial charge in [0.25, 0.3) is 0 Å². The number of hydrogen-bond donors (Lipinski definition) is 1. The summed E-state index contributed by atoms with van der Waals surface area (Å²) < 4.78 is 11.7. The standard InChI is InChI=1S/C19H22ClNO2S/c1-14-6-4-5-7-15(14)12-13-21-18(22)19(2,3)24(23)17-10-8-16(20)9-11-17/h4-11H,12-13H2,1-3H3,(H,21,22). The molecule has 0 fully saturated rings. The van der Waals surface area contributed by atoms with E-state index >= 15 is 0 Å². The Balaban J connectivity index is 1.98. The lowest BCUT2D eigenvalue weighted by Gasteiger charge is -2.23. The van der Waals surface area contributed by atoms with Gasteiger partial charge in [-0.2, -0.15) is 0 Å². The minimum absolute atomic E-state index is 0.218. The van der Waals surface area contributed by atoms with Gasteiger partial charge in [-0.1, -0.05) is 35.9 Å². The van der Waals surface area contributed by atoms with Gasteiger partial charge >= 0.3 is 0 Å². The predicted molar refractivity (Wildman–Crippen MR) is 99.8 cm³/mol. The molecule has 0 spiro atoms. The van der Waals surface area contributed by atoms with Crippen LogP contribution in [0.25, 0.3) is 0 Å². The van der Waals surface area contributed by atoms with Crippen molar-refractivity contribution in [3.05, 3.63) is 64.7 Å². The Bertz CT molecular complexity index is 741. The second kappa shape index (κ2) is 7.95. The van der Waals surface area contributed by atoms with Crippen LogP contribution in [-0.4, -0.2) is 21.4 Å². The third-order valence-electron chi connectivity index (χ3n) is 3.98. The lowest BCUT2D eigenvalue weighted by molar-refractivity contribution is -0.122. The van der Waals surface area contributed by atoms with E-state index in [1.165, 1.54) is 11.1 Å². The van der Waals surface area contributed by atoms with Crippen molar-refractivity contribution in [3.8, 4) is 0 Å². The zero-order chi connectivity index (χ0) is 17.7. The monoisotopic (exact) mass is 363 g/mol. The Morgan fingerprint density at radius 2 is 1.75 bits per heavy atom. The Morgan fingerprint density at radius 1 is 1.12 bits per heavy atom. The van der Waals surface area contributed by atoms with Crippen molar-refractivity contribution in [2.75, 3.05) is 6.54 Å². The summed E-state index contributed by atoms with van der Waals surface area (Å²) in [6.45, 7) is 5.96. The van der Waals surface area contributed by atoms with Gasteiger partial charge in [-0.15, -0.1) is 0 Å². The van der Waals surface area contributed by atoms with Gasteiger partial charge in [0.1, 0.15) is 4.75 Å². The third-order valence-corrected chi connectivity index (χ3v) is 6.04. The fourth-order valence-corrected chi connectivity index (χ4v) is 3.69. The molecule has 0 heterocycles. The molecule has 0 aromatic heterocycles. The van der Waals surface area contributed by atoms with Crippen molar-refractivity contribution in [1.29, 1.82) is 0 Å². The third kappa shape index (κ3) is 4.46. The quantitative estimate of drug-likeness (QED) is 0.846. The Morgan fingerprint density at radius 3 is 2.38 bits per heavy atom. The number of carbonyl (C=O) groups excluding carboxylic acids is 1. The number of nitrogens with one attached hydrogen (secondary N) is 1. The van der Waals surface area contributed by atoms with E-state index in [0.29, 0.717) is 16.5 Å². The summed E-state index contributed by atoms with van der Waals surface area (Å²) in [5.41, 5.74) is 2.41. The molecular weight excluding hydrogens is 342 g/mol. The molecule has 0 aliphatic carbocycles. The zero-order valence-electron chi connectivity index (χ0n) is 14.1. The first kappa shape index (κ1) is 18.7. The fraction of sp³-hybridized carbons (Fsp3) is 0.316. The molecule has 1 atom stereocenters. The van der Waals surface area contributed by atoms with Crippen molar-refractivity contribution >= 4 is 28.3 Å². The summed E-state index contributed by atoms with van der Waals surface area (Å²) in [6, 6.07) is 14.8. The van der Waals surface area contributed by atoms with E-state index in [1.54, 1.807) is 38.1 Å². The highest BCUT2D eigenvalue weighted by atomic mass is 35.5. The molecule has 1 amide bonds. The van der Waals surface area contributed by atoms with E-state index in [1.807, 2.05) is 12.1 Å². The van der Waals surface area contributed by atoms with Crippen LogP contribution in [0.4, 0.5) is 0 Å². The highest BCUT2D eigenvalue weighted by Crippen LogP contribution is 2.23. The Kier molecular flexibility index (Phi) is 6.19. The maximum absolute atomic E-state index is 12.7. The van der Waals surface area contributed by atoms with Crippen molar-refractivity contribution in [3.63, 3.8) is 0 Å². The first-order valence-electron chi connectivity index (χ1n) is 7.82. The van der Waals surface area contributed by atoms with Crippen LogP contribution in [0.3, 0.4) is 0 Å². The largest absolute Gasteiger partial charge is 0.354 e. The highest BCUT2D eigenvalue weighted by Gasteiger charge is 2.35. The van der Waals surface area contributed by atoms with Gasteiger partial charge in [-0.05, 0) is 62.6 Å². The van der Waals surface area contributed by atoms with Crippen LogP contribution < -0.4 is 5.32 Å². The number of halogens is 1. The number of carbonyl (C=O) groups is 1. The zero-order valence-corrected chi connectivity index (χ0v) is 15.7. The molecule has 0 aliphatic heterocycles. The molecule has 2 aromatic carbocycles. The molecular formula is C19H22ClNO2S. The minimum atomic E-state index is -1.46. The van der Waals surface area contributed by atoms with Crippen LogP contribution in [0, 0.1) is 6.92 Å². The highest BCUT2D eigenvalue weighted by molar-refractivity contribution is 7.87. The molecule has 2 rings (SSSR count). The van der Waals surface area contributed by atoms with E-state index in [9.17, 15) is 9.00 Å². The van der Waals surface area contributed by atoms with Crippen LogP contribution in [0.5, 0.6) is 0 Å². The second-order valence-electron chi connectivity index (χ2n) is 6.17. The minimum Gasteiger partial charge on any atom is -0.354 e. The van der Waals surface area contributed by atoms with E-state index in [-0.39, 0.29) is 5.91 Å². The van der Waals surface area contributed by atoms with Crippen LogP contribution in [0.1, 0.15) is 25.0 Å². The van der Waals surface area contributed by atoms with Crippen molar-refractivity contribution in [1.82, 2.24) is 5.32 Å². The van der Waals surface area contributed by atoms with Crippen LogP contribution >= 0.6 is 11.6 Å². The van der Waals surface area contributed by atoms with E-state index in [0.717, 1.165) is 6.42 Å². The maximum atomic E-state index is 12.7. The Labute approximate surface area is 150 Å². The van der Waals surface area contributed by atoms with Gasteiger partial charge in [0.05, 0.1) is 10.8 Å². The summed E-state index contributed by atoms with van der Waals surface area (Å²) in [4.78, 5) is 13.1. The summed E-state index contributed by atoms with van der Waals surface area (Å²) in [5.74, 6) is -0.218. The van der Waals surface area contributed by atoms with Gasteiger partial charge < -0.3 is 5.32 Å². The average Bonchev–Trinajstić information content (AvgIpc) is 2.56. The summed E-state index contributed by atoms with van der Waals surface area (Å²) in [6.07, 6.45) is 0.752. The van der Waals surface area contributed by atoms with Crippen molar-refractivity contribution < 1.29 is 9.00 Å². The number of benzene rings is 2. The molecule has 2 aromatic rings. The van der Waals surface area contributed by atoms with Crippen LogP contribution in [0.15, 0.2) is 53.4 Å². The van der Waals surface area contributed by atoms with Gasteiger partial charge in [0.15, 0.2) is 0 Å². The molecule has 3 nitrogen and oxygen atoms in total. The van der Waals surface area contributed by atoms with Crippen molar-refractivity contribution in [2.45, 2.75) is 36.8 Å². The molecule has 0 saturated carbocycles. The fourth-order valence-electron chi connectivity index (χ4n) is 2.35. The smallest absolute Gasteiger partial charge is 0.238 e. The molecule has 0 saturated heterocycles. The molecule has 128 valence electrons.